The molecule has 0 aromatic carbocycles. The van der Waals surface area contributed by atoms with Crippen LogP contribution in [0.4, 0.5) is 0 Å². The van der Waals surface area contributed by atoms with E-state index in [1.807, 2.05) is 6.92 Å². The molecule has 0 bridgehead atoms. The molecule has 0 spiro atoms. The average molecular weight is 461 g/mol. The van der Waals surface area contributed by atoms with E-state index in [4.69, 9.17) is 0 Å². The summed E-state index contributed by atoms with van der Waals surface area (Å²) in [5.74, 6) is 2.55. The highest BCUT2D eigenvalue weighted by Gasteiger charge is 2.45. The van der Waals surface area contributed by atoms with E-state index in [9.17, 15) is 4.79 Å². The Morgan fingerprint density at radius 3 is 2.55 bits per heavy atom. The van der Waals surface area contributed by atoms with Crippen molar-refractivity contribution in [3.63, 3.8) is 0 Å². The Morgan fingerprint density at radius 1 is 0.909 bits per heavy atom. The maximum atomic E-state index is 12.5. The number of hydrazine groups is 1. The molecule has 6 atom stereocenters. The van der Waals surface area contributed by atoms with Crippen LogP contribution in [0.1, 0.15) is 77.6 Å². The van der Waals surface area contributed by atoms with Crippen molar-refractivity contribution in [2.75, 3.05) is 39.3 Å². The first-order valence-corrected chi connectivity index (χ1v) is 14.2. The largest absolute Gasteiger partial charge is 0.341 e. The van der Waals surface area contributed by atoms with Crippen LogP contribution in [0, 0.1) is 17.8 Å². The molecule has 4 aliphatic heterocycles. The SMILES string of the molecule is CCC(=O)N1CCC2C(C1)NC(CC1CCCCC1)NC2C1CCN(CC2CCCNC2)N1. The summed E-state index contributed by atoms with van der Waals surface area (Å²) in [7, 11) is 0. The van der Waals surface area contributed by atoms with Gasteiger partial charge in [0.1, 0.15) is 0 Å². The number of nitrogens with zero attached hydrogens (tertiary/aromatic N) is 2. The minimum atomic E-state index is 0.320. The maximum Gasteiger partial charge on any atom is 0.222 e. The molecule has 33 heavy (non-hydrogen) atoms. The summed E-state index contributed by atoms with van der Waals surface area (Å²) in [5.41, 5.74) is 3.95. The van der Waals surface area contributed by atoms with E-state index in [2.05, 4.69) is 31.3 Å². The number of nitrogens with one attached hydrogen (secondary N) is 4. The van der Waals surface area contributed by atoms with Crippen molar-refractivity contribution in [2.24, 2.45) is 17.8 Å². The highest BCUT2D eigenvalue weighted by Crippen LogP contribution is 2.33. The lowest BCUT2D eigenvalue weighted by atomic mass is 9.78. The Hall–Kier alpha value is -0.730. The highest BCUT2D eigenvalue weighted by molar-refractivity contribution is 5.76. The van der Waals surface area contributed by atoms with Gasteiger partial charge >= 0.3 is 0 Å². The van der Waals surface area contributed by atoms with Crippen LogP contribution >= 0.6 is 0 Å². The molecule has 7 nitrogen and oxygen atoms in total. The molecule has 4 N–H and O–H groups in total. The molecule has 0 radical (unpaired) electrons. The standard InChI is InChI=1S/C26H48N6O/c1-2-25(33)31-13-10-21-23(18-31)28-24(15-19-7-4-3-5-8-19)29-26(21)22-11-14-32(30-22)17-20-9-6-12-27-16-20/h19-24,26-30H,2-18H2,1H3. The first kappa shape index (κ1) is 24.0. The molecule has 6 unspecified atom stereocenters. The van der Waals surface area contributed by atoms with Crippen LogP contribution in [0.15, 0.2) is 0 Å². The predicted molar refractivity (Wildman–Crippen MR) is 133 cm³/mol. The number of fused-ring (bicyclic) bond motifs is 1. The minimum absolute atomic E-state index is 0.320. The zero-order valence-corrected chi connectivity index (χ0v) is 20.9. The Labute approximate surface area is 201 Å². The summed E-state index contributed by atoms with van der Waals surface area (Å²) in [5, 5.41) is 14.2. The van der Waals surface area contributed by atoms with Crippen LogP contribution in [0.2, 0.25) is 0 Å². The fraction of sp³-hybridized carbons (Fsp3) is 0.962. The first-order chi connectivity index (χ1) is 16.2. The molecule has 188 valence electrons. The molecule has 0 aromatic rings. The summed E-state index contributed by atoms with van der Waals surface area (Å²) in [6, 6.07) is 1.43. The monoisotopic (exact) mass is 460 g/mol. The summed E-state index contributed by atoms with van der Waals surface area (Å²) in [4.78, 5) is 14.6. The third-order valence-electron chi connectivity index (χ3n) is 9.25. The van der Waals surface area contributed by atoms with Crippen LogP contribution in [0.5, 0.6) is 0 Å². The topological polar surface area (TPSA) is 71.7 Å². The Kier molecular flexibility index (Phi) is 8.24. The first-order valence-electron chi connectivity index (χ1n) is 14.2. The molecular weight excluding hydrogens is 412 g/mol. The fourth-order valence-corrected chi connectivity index (χ4v) is 7.45. The van der Waals surface area contributed by atoms with E-state index in [0.29, 0.717) is 42.5 Å². The quantitative estimate of drug-likeness (QED) is 0.486. The zero-order chi connectivity index (χ0) is 22.6. The van der Waals surface area contributed by atoms with E-state index in [0.717, 1.165) is 37.9 Å². The fourth-order valence-electron chi connectivity index (χ4n) is 7.45. The molecule has 0 aromatic heterocycles. The van der Waals surface area contributed by atoms with Crippen molar-refractivity contribution in [1.29, 1.82) is 0 Å². The minimum Gasteiger partial charge on any atom is -0.341 e. The van der Waals surface area contributed by atoms with E-state index in [-0.39, 0.29) is 0 Å². The molecule has 1 amide bonds. The summed E-state index contributed by atoms with van der Waals surface area (Å²) in [6.45, 7) is 8.51. The average Bonchev–Trinajstić information content (AvgIpc) is 3.32. The second-order valence-electron chi connectivity index (χ2n) is 11.6. The van der Waals surface area contributed by atoms with Gasteiger partial charge in [-0.05, 0) is 62.9 Å². The second kappa shape index (κ2) is 11.3. The van der Waals surface area contributed by atoms with Crippen LogP contribution in [-0.4, -0.2) is 79.4 Å². The number of hydrogen-bond donors (Lipinski definition) is 4. The van der Waals surface area contributed by atoms with Gasteiger partial charge in [-0.1, -0.05) is 39.0 Å². The number of hydrogen-bond acceptors (Lipinski definition) is 6. The highest BCUT2D eigenvalue weighted by atomic mass is 16.2. The van der Waals surface area contributed by atoms with Crippen LogP contribution in [0.25, 0.3) is 0 Å². The molecule has 7 heteroatoms. The predicted octanol–water partition coefficient (Wildman–Crippen LogP) is 2.05. The van der Waals surface area contributed by atoms with Gasteiger partial charge in [0.05, 0.1) is 6.17 Å². The second-order valence-corrected chi connectivity index (χ2v) is 11.6. The Morgan fingerprint density at radius 2 is 1.76 bits per heavy atom. The maximum absolute atomic E-state index is 12.5. The number of carbonyl (C=O) groups is 1. The number of rotatable bonds is 6. The molecule has 1 aliphatic carbocycles. The molecule has 5 fully saturated rings. The lowest BCUT2D eigenvalue weighted by Crippen LogP contribution is -2.71. The summed E-state index contributed by atoms with van der Waals surface area (Å²) < 4.78 is 0. The summed E-state index contributed by atoms with van der Waals surface area (Å²) in [6.07, 6.45) is 14.3. The van der Waals surface area contributed by atoms with E-state index in [1.165, 1.54) is 77.4 Å². The molecular formula is C26H48N6O. The normalized spacial score (nSPS) is 38.9. The molecule has 4 saturated heterocycles. The van der Waals surface area contributed by atoms with Gasteiger partial charge < -0.3 is 10.2 Å². The van der Waals surface area contributed by atoms with Crippen LogP contribution < -0.4 is 21.4 Å². The smallest absolute Gasteiger partial charge is 0.222 e. The third kappa shape index (κ3) is 5.92. The lowest BCUT2D eigenvalue weighted by Gasteiger charge is -2.51. The zero-order valence-electron chi connectivity index (χ0n) is 20.9. The molecule has 4 heterocycles. The number of carbonyl (C=O) groups excluding carboxylic acids is 1. The van der Waals surface area contributed by atoms with E-state index >= 15 is 0 Å². The number of piperidine rings is 2. The number of amides is 1. The van der Waals surface area contributed by atoms with Crippen molar-refractivity contribution in [2.45, 2.75) is 102 Å². The molecule has 5 aliphatic rings. The van der Waals surface area contributed by atoms with Crippen LogP contribution in [0.3, 0.4) is 0 Å². The molecule has 5 rings (SSSR count). The Balaban J connectivity index is 1.23. The van der Waals surface area contributed by atoms with E-state index < -0.39 is 0 Å². The van der Waals surface area contributed by atoms with E-state index in [1.54, 1.807) is 0 Å². The van der Waals surface area contributed by atoms with Gasteiger partial charge in [-0.3, -0.25) is 20.9 Å². The van der Waals surface area contributed by atoms with Gasteiger partial charge in [0.15, 0.2) is 0 Å². The van der Waals surface area contributed by atoms with Crippen LogP contribution in [-0.2, 0) is 4.79 Å². The summed E-state index contributed by atoms with van der Waals surface area (Å²) >= 11 is 0. The lowest BCUT2D eigenvalue weighted by molar-refractivity contribution is -0.133. The Bertz CT molecular complexity index is 634. The van der Waals surface area contributed by atoms with Gasteiger partial charge in [0.25, 0.3) is 0 Å². The van der Waals surface area contributed by atoms with Crippen molar-refractivity contribution < 1.29 is 4.79 Å². The van der Waals surface area contributed by atoms with Gasteiger partial charge in [-0.25, -0.2) is 5.01 Å². The van der Waals surface area contributed by atoms with Gasteiger partial charge in [0, 0.05) is 50.7 Å². The van der Waals surface area contributed by atoms with Crippen molar-refractivity contribution in [1.82, 2.24) is 31.3 Å². The van der Waals surface area contributed by atoms with Crippen molar-refractivity contribution in [3.8, 4) is 0 Å². The third-order valence-corrected chi connectivity index (χ3v) is 9.25. The van der Waals surface area contributed by atoms with Gasteiger partial charge in [0.2, 0.25) is 5.91 Å². The molecule has 1 saturated carbocycles. The van der Waals surface area contributed by atoms with Gasteiger partial charge in [-0.15, -0.1) is 0 Å². The van der Waals surface area contributed by atoms with Crippen molar-refractivity contribution >= 4 is 5.91 Å². The van der Waals surface area contributed by atoms with Gasteiger partial charge in [-0.2, -0.15) is 0 Å². The number of likely N-dealkylation sites (tertiary alicyclic amines) is 1. The van der Waals surface area contributed by atoms with Crippen molar-refractivity contribution in [3.05, 3.63) is 0 Å².